The van der Waals surface area contributed by atoms with Gasteiger partial charge in [-0.3, -0.25) is 0 Å². The van der Waals surface area contributed by atoms with Crippen LogP contribution in [-0.2, 0) is 0 Å². The van der Waals surface area contributed by atoms with E-state index in [1.807, 2.05) is 12.1 Å². The highest BCUT2D eigenvalue weighted by Crippen LogP contribution is 2.15. The maximum absolute atomic E-state index is 4.08. The zero-order chi connectivity index (χ0) is 9.03. The van der Waals surface area contributed by atoms with Crippen LogP contribution in [0.15, 0.2) is 24.5 Å². The summed E-state index contributed by atoms with van der Waals surface area (Å²) in [6, 6.07) is 1.81. The lowest BCUT2D eigenvalue weighted by Gasteiger charge is -2.10. The molecule has 0 aromatic carbocycles. The highest BCUT2D eigenvalue weighted by Gasteiger charge is 2.03. The smallest absolute Gasteiger partial charge is 0.151 e. The molecule has 0 aliphatic heterocycles. The monoisotopic (exact) mass is 162 g/mol. The summed E-state index contributed by atoms with van der Waals surface area (Å²) < 4.78 is 0. The fourth-order valence-electron chi connectivity index (χ4n) is 0.721. The second kappa shape index (κ2) is 3.48. The van der Waals surface area contributed by atoms with Crippen molar-refractivity contribution in [3.63, 3.8) is 0 Å². The van der Waals surface area contributed by atoms with Crippen LogP contribution in [0.3, 0.4) is 0 Å². The lowest BCUT2D eigenvalue weighted by Crippen LogP contribution is -1.98. The lowest BCUT2D eigenvalue weighted by atomic mass is 9.96. The van der Waals surface area contributed by atoms with E-state index in [2.05, 4.69) is 36.8 Å². The average molecular weight is 162 g/mol. The standard InChI is InChI=1S/C10H14N2/c1-10(2,3)6-5-9-11-7-4-8-12-9/h4-8H,1-3H3. The predicted octanol–water partition coefficient (Wildman–Crippen LogP) is 2.54. The van der Waals surface area contributed by atoms with Crippen molar-refractivity contribution in [3.05, 3.63) is 30.4 Å². The molecule has 64 valence electrons. The molecular weight excluding hydrogens is 148 g/mol. The van der Waals surface area contributed by atoms with Crippen molar-refractivity contribution in [1.82, 2.24) is 9.97 Å². The Morgan fingerprint density at radius 1 is 1.17 bits per heavy atom. The molecule has 0 atom stereocenters. The molecule has 0 radical (unpaired) electrons. The number of aromatic nitrogens is 2. The van der Waals surface area contributed by atoms with Gasteiger partial charge in [-0.1, -0.05) is 26.8 Å². The van der Waals surface area contributed by atoms with Crippen LogP contribution in [0.4, 0.5) is 0 Å². The maximum Gasteiger partial charge on any atom is 0.151 e. The van der Waals surface area contributed by atoms with Crippen LogP contribution < -0.4 is 0 Å². The Kier molecular flexibility index (Phi) is 2.58. The normalized spacial score (nSPS) is 12.2. The van der Waals surface area contributed by atoms with Gasteiger partial charge in [-0.25, -0.2) is 9.97 Å². The van der Waals surface area contributed by atoms with Crippen LogP contribution in [0.1, 0.15) is 26.6 Å². The van der Waals surface area contributed by atoms with E-state index in [0.29, 0.717) is 0 Å². The minimum atomic E-state index is 0.194. The third-order valence-electron chi connectivity index (χ3n) is 1.32. The van der Waals surface area contributed by atoms with Crippen molar-refractivity contribution in [2.75, 3.05) is 0 Å². The Hall–Kier alpha value is -1.18. The predicted molar refractivity (Wildman–Crippen MR) is 50.5 cm³/mol. The van der Waals surface area contributed by atoms with E-state index in [4.69, 9.17) is 0 Å². The van der Waals surface area contributed by atoms with E-state index in [0.717, 1.165) is 5.82 Å². The first kappa shape index (κ1) is 8.91. The Morgan fingerprint density at radius 3 is 2.25 bits per heavy atom. The maximum atomic E-state index is 4.08. The summed E-state index contributed by atoms with van der Waals surface area (Å²) in [6.45, 7) is 6.44. The molecule has 0 bridgehead atoms. The molecule has 0 saturated carbocycles. The van der Waals surface area contributed by atoms with Gasteiger partial charge >= 0.3 is 0 Å². The summed E-state index contributed by atoms with van der Waals surface area (Å²) >= 11 is 0. The van der Waals surface area contributed by atoms with Crippen molar-refractivity contribution in [1.29, 1.82) is 0 Å². The summed E-state index contributed by atoms with van der Waals surface area (Å²) in [4.78, 5) is 8.17. The Bertz CT molecular complexity index is 257. The van der Waals surface area contributed by atoms with E-state index in [1.165, 1.54) is 0 Å². The van der Waals surface area contributed by atoms with Gasteiger partial charge in [0.25, 0.3) is 0 Å². The highest BCUT2D eigenvalue weighted by molar-refractivity contribution is 5.40. The van der Waals surface area contributed by atoms with Crippen molar-refractivity contribution >= 4 is 6.08 Å². The van der Waals surface area contributed by atoms with Gasteiger partial charge in [-0.15, -0.1) is 0 Å². The Morgan fingerprint density at radius 2 is 1.75 bits per heavy atom. The second-order valence-electron chi connectivity index (χ2n) is 3.81. The zero-order valence-corrected chi connectivity index (χ0v) is 7.78. The fourth-order valence-corrected chi connectivity index (χ4v) is 0.721. The molecule has 1 aromatic rings. The van der Waals surface area contributed by atoms with E-state index >= 15 is 0 Å². The van der Waals surface area contributed by atoms with Gasteiger partial charge in [0, 0.05) is 12.4 Å². The molecule has 2 nitrogen and oxygen atoms in total. The van der Waals surface area contributed by atoms with Crippen LogP contribution in [0, 0.1) is 5.41 Å². The third-order valence-corrected chi connectivity index (χ3v) is 1.32. The molecule has 0 saturated heterocycles. The summed E-state index contributed by atoms with van der Waals surface area (Å²) in [6.07, 6.45) is 7.53. The Balaban J connectivity index is 2.71. The molecular formula is C10H14N2. The van der Waals surface area contributed by atoms with Crippen LogP contribution in [0.25, 0.3) is 6.08 Å². The van der Waals surface area contributed by atoms with Gasteiger partial charge in [0.05, 0.1) is 0 Å². The minimum absolute atomic E-state index is 0.194. The van der Waals surface area contributed by atoms with Gasteiger partial charge in [0.1, 0.15) is 0 Å². The van der Waals surface area contributed by atoms with Crippen molar-refractivity contribution < 1.29 is 0 Å². The molecule has 0 aliphatic carbocycles. The molecule has 2 heteroatoms. The zero-order valence-electron chi connectivity index (χ0n) is 7.78. The topological polar surface area (TPSA) is 25.8 Å². The summed E-state index contributed by atoms with van der Waals surface area (Å²) in [5, 5.41) is 0. The van der Waals surface area contributed by atoms with E-state index in [1.54, 1.807) is 12.4 Å². The number of rotatable bonds is 1. The van der Waals surface area contributed by atoms with E-state index in [-0.39, 0.29) is 5.41 Å². The molecule has 12 heavy (non-hydrogen) atoms. The molecule has 1 heterocycles. The molecule has 0 amide bonds. The molecule has 0 N–H and O–H groups in total. The van der Waals surface area contributed by atoms with Crippen LogP contribution in [-0.4, -0.2) is 9.97 Å². The first-order valence-corrected chi connectivity index (χ1v) is 4.04. The highest BCUT2D eigenvalue weighted by atomic mass is 14.8. The number of nitrogens with zero attached hydrogens (tertiary/aromatic N) is 2. The van der Waals surface area contributed by atoms with Crippen molar-refractivity contribution in [2.24, 2.45) is 5.41 Å². The largest absolute Gasteiger partial charge is 0.237 e. The molecule has 0 aliphatic rings. The number of allylic oxidation sites excluding steroid dienone is 1. The minimum Gasteiger partial charge on any atom is -0.237 e. The fraction of sp³-hybridized carbons (Fsp3) is 0.400. The molecule has 0 fully saturated rings. The third kappa shape index (κ3) is 3.28. The molecule has 0 spiro atoms. The van der Waals surface area contributed by atoms with E-state index < -0.39 is 0 Å². The molecule has 1 aromatic heterocycles. The van der Waals surface area contributed by atoms with Gasteiger partial charge in [0.15, 0.2) is 5.82 Å². The van der Waals surface area contributed by atoms with Crippen molar-refractivity contribution in [2.45, 2.75) is 20.8 Å². The average Bonchev–Trinajstić information content (AvgIpc) is 2.02. The first-order chi connectivity index (χ1) is 5.58. The van der Waals surface area contributed by atoms with Gasteiger partial charge in [-0.2, -0.15) is 0 Å². The van der Waals surface area contributed by atoms with Crippen LogP contribution >= 0.6 is 0 Å². The quantitative estimate of drug-likeness (QED) is 0.634. The summed E-state index contributed by atoms with van der Waals surface area (Å²) in [5.74, 6) is 0.771. The lowest BCUT2D eigenvalue weighted by molar-refractivity contribution is 0.547. The summed E-state index contributed by atoms with van der Waals surface area (Å²) in [5.41, 5.74) is 0.194. The first-order valence-electron chi connectivity index (χ1n) is 4.04. The number of hydrogen-bond acceptors (Lipinski definition) is 2. The van der Waals surface area contributed by atoms with Gasteiger partial charge in [0.2, 0.25) is 0 Å². The van der Waals surface area contributed by atoms with Crippen LogP contribution in [0.2, 0.25) is 0 Å². The SMILES string of the molecule is CC(C)(C)C=Cc1ncccn1. The van der Waals surface area contributed by atoms with Crippen LogP contribution in [0.5, 0.6) is 0 Å². The second-order valence-corrected chi connectivity index (χ2v) is 3.81. The molecule has 1 rings (SSSR count). The molecule has 0 unspecified atom stereocenters. The van der Waals surface area contributed by atoms with Gasteiger partial charge < -0.3 is 0 Å². The van der Waals surface area contributed by atoms with E-state index in [9.17, 15) is 0 Å². The number of hydrogen-bond donors (Lipinski definition) is 0. The van der Waals surface area contributed by atoms with Gasteiger partial charge in [-0.05, 0) is 17.6 Å². The summed E-state index contributed by atoms with van der Waals surface area (Å²) in [7, 11) is 0. The van der Waals surface area contributed by atoms with Crippen molar-refractivity contribution in [3.8, 4) is 0 Å². The Labute approximate surface area is 73.4 Å².